The lowest BCUT2D eigenvalue weighted by Gasteiger charge is -2.40. The van der Waals surface area contributed by atoms with Crippen molar-refractivity contribution in [2.45, 2.75) is 25.9 Å². The zero-order valence-electron chi connectivity index (χ0n) is 17.3. The van der Waals surface area contributed by atoms with Gasteiger partial charge in [0.05, 0.1) is 12.8 Å². The molecule has 0 bridgehead atoms. The number of ether oxygens (including phenoxy) is 2. The molecule has 0 saturated carbocycles. The number of benzene rings is 2. The summed E-state index contributed by atoms with van der Waals surface area (Å²) in [6, 6.07) is 16.6. The second-order valence-corrected chi connectivity index (χ2v) is 7.99. The molecule has 0 N–H and O–H groups in total. The summed E-state index contributed by atoms with van der Waals surface area (Å²) in [6.07, 6.45) is 1.98. The van der Waals surface area contributed by atoms with Crippen LogP contribution in [0.15, 0.2) is 48.5 Å². The minimum atomic E-state index is -0.197. The highest BCUT2D eigenvalue weighted by molar-refractivity contribution is 5.66. The smallest absolute Gasteiger partial charge is 0.303 e. The highest BCUT2D eigenvalue weighted by Gasteiger charge is 2.33. The number of anilines is 1. The van der Waals surface area contributed by atoms with Crippen LogP contribution in [0.25, 0.3) is 0 Å². The first-order chi connectivity index (χ1) is 14.2. The largest absolute Gasteiger partial charge is 0.495 e. The lowest BCUT2D eigenvalue weighted by atomic mass is 9.81. The van der Waals surface area contributed by atoms with Gasteiger partial charge in [-0.3, -0.25) is 9.69 Å². The summed E-state index contributed by atoms with van der Waals surface area (Å²) < 4.78 is 11.3. The van der Waals surface area contributed by atoms with Crippen molar-refractivity contribution in [1.29, 1.82) is 0 Å². The molecule has 2 atom stereocenters. The number of esters is 1. The van der Waals surface area contributed by atoms with Gasteiger partial charge in [-0.25, -0.2) is 0 Å². The molecule has 2 unspecified atom stereocenters. The Morgan fingerprint density at radius 2 is 1.76 bits per heavy atom. The maximum atomic E-state index is 11.8. The highest BCUT2D eigenvalue weighted by Crippen LogP contribution is 2.38. The molecular formula is C24H30N2O3. The second kappa shape index (κ2) is 8.87. The molecule has 1 saturated heterocycles. The number of carbonyl (C=O) groups is 1. The zero-order valence-corrected chi connectivity index (χ0v) is 17.3. The number of nitrogens with zero attached hydrogens (tertiary/aromatic N) is 2. The topological polar surface area (TPSA) is 42.0 Å². The average molecular weight is 395 g/mol. The molecule has 4 rings (SSSR count). The molecule has 0 amide bonds. The number of methoxy groups -OCH3 is 1. The number of aryl methyl sites for hydroxylation is 1. The van der Waals surface area contributed by atoms with Crippen LogP contribution in [0, 0.1) is 5.92 Å². The van der Waals surface area contributed by atoms with Crippen molar-refractivity contribution in [1.82, 2.24) is 4.90 Å². The van der Waals surface area contributed by atoms with Crippen molar-refractivity contribution in [3.8, 4) is 5.75 Å². The molecule has 1 heterocycles. The molecule has 2 aliphatic rings. The van der Waals surface area contributed by atoms with E-state index >= 15 is 0 Å². The predicted octanol–water partition coefficient (Wildman–Crippen LogP) is 3.68. The van der Waals surface area contributed by atoms with E-state index in [0.29, 0.717) is 5.92 Å². The summed E-state index contributed by atoms with van der Waals surface area (Å²) >= 11 is 0. The molecule has 1 aliphatic carbocycles. The van der Waals surface area contributed by atoms with E-state index in [1.165, 1.54) is 23.7 Å². The van der Waals surface area contributed by atoms with Gasteiger partial charge in [-0.1, -0.05) is 36.4 Å². The molecule has 5 heteroatoms. The highest BCUT2D eigenvalue weighted by atomic mass is 16.5. The first-order valence-electron chi connectivity index (χ1n) is 10.5. The van der Waals surface area contributed by atoms with Gasteiger partial charge in [-0.05, 0) is 36.1 Å². The van der Waals surface area contributed by atoms with Crippen molar-refractivity contribution in [2.75, 3.05) is 44.7 Å². The van der Waals surface area contributed by atoms with E-state index < -0.39 is 0 Å². The Morgan fingerprint density at radius 1 is 1.03 bits per heavy atom. The molecule has 0 spiro atoms. The van der Waals surface area contributed by atoms with Crippen molar-refractivity contribution < 1.29 is 14.3 Å². The molecular weight excluding hydrogens is 364 g/mol. The summed E-state index contributed by atoms with van der Waals surface area (Å²) in [5.41, 5.74) is 3.67. The van der Waals surface area contributed by atoms with Gasteiger partial charge in [-0.15, -0.1) is 0 Å². The Balaban J connectivity index is 1.41. The number of hydrogen-bond acceptors (Lipinski definition) is 5. The minimum absolute atomic E-state index is 0.135. The maximum Gasteiger partial charge on any atom is 0.303 e. The van der Waals surface area contributed by atoms with E-state index in [4.69, 9.17) is 9.47 Å². The Hall–Kier alpha value is -2.53. The molecule has 2 aromatic carbocycles. The molecule has 0 radical (unpaired) electrons. The summed E-state index contributed by atoms with van der Waals surface area (Å²) in [5, 5.41) is 0. The van der Waals surface area contributed by atoms with Crippen LogP contribution in [0.4, 0.5) is 5.69 Å². The van der Waals surface area contributed by atoms with Crippen LogP contribution in [0.2, 0.25) is 0 Å². The van der Waals surface area contributed by atoms with Crippen molar-refractivity contribution in [3.63, 3.8) is 0 Å². The first kappa shape index (κ1) is 19.8. The molecule has 29 heavy (non-hydrogen) atoms. The zero-order chi connectivity index (χ0) is 20.2. The lowest BCUT2D eigenvalue weighted by molar-refractivity contribution is -0.150. The molecule has 5 nitrogen and oxygen atoms in total. The average Bonchev–Trinajstić information content (AvgIpc) is 2.75. The lowest BCUT2D eigenvalue weighted by Crippen LogP contribution is -2.49. The van der Waals surface area contributed by atoms with Crippen LogP contribution in [0.5, 0.6) is 5.75 Å². The minimum Gasteiger partial charge on any atom is -0.495 e. The standard InChI is InChI=1S/C24H30N2O3/c1-18(27)29-24-20(12-11-19-7-3-4-8-21(19)24)17-25-13-15-26(16-14-25)22-9-5-6-10-23(22)28-2/h3-10,20,24H,11-17H2,1-2H3. The summed E-state index contributed by atoms with van der Waals surface area (Å²) in [6.45, 7) is 6.43. The Labute approximate surface area is 173 Å². The second-order valence-electron chi connectivity index (χ2n) is 7.99. The maximum absolute atomic E-state index is 11.8. The van der Waals surface area contributed by atoms with E-state index in [2.05, 4.69) is 40.1 Å². The number of carbonyl (C=O) groups excluding carboxylic acids is 1. The van der Waals surface area contributed by atoms with Crippen molar-refractivity contribution in [3.05, 3.63) is 59.7 Å². The Kier molecular flexibility index (Phi) is 6.05. The number of rotatable bonds is 5. The van der Waals surface area contributed by atoms with E-state index in [-0.39, 0.29) is 12.1 Å². The normalized spacial score (nSPS) is 22.1. The van der Waals surface area contributed by atoms with Crippen LogP contribution in [-0.2, 0) is 16.0 Å². The summed E-state index contributed by atoms with van der Waals surface area (Å²) in [5.74, 6) is 1.07. The fraction of sp³-hybridized carbons (Fsp3) is 0.458. The van der Waals surface area contributed by atoms with Crippen molar-refractivity contribution in [2.24, 2.45) is 5.92 Å². The fourth-order valence-electron chi connectivity index (χ4n) is 4.71. The number of fused-ring (bicyclic) bond motifs is 1. The van der Waals surface area contributed by atoms with Gasteiger partial charge >= 0.3 is 5.97 Å². The predicted molar refractivity (Wildman–Crippen MR) is 114 cm³/mol. The molecule has 1 fully saturated rings. The van der Waals surface area contributed by atoms with Crippen LogP contribution in [-0.4, -0.2) is 50.7 Å². The third-order valence-corrected chi connectivity index (χ3v) is 6.16. The first-order valence-corrected chi connectivity index (χ1v) is 10.5. The number of piperazine rings is 1. The van der Waals surface area contributed by atoms with Gasteiger partial charge in [0.1, 0.15) is 11.9 Å². The van der Waals surface area contributed by atoms with Gasteiger partial charge in [0.2, 0.25) is 0 Å². The van der Waals surface area contributed by atoms with Gasteiger partial charge in [0.25, 0.3) is 0 Å². The molecule has 2 aromatic rings. The third-order valence-electron chi connectivity index (χ3n) is 6.16. The Bertz CT molecular complexity index is 846. The SMILES string of the molecule is COc1ccccc1N1CCN(CC2CCc3ccccc3C2OC(C)=O)CC1. The summed E-state index contributed by atoms with van der Waals surface area (Å²) in [7, 11) is 1.73. The van der Waals surface area contributed by atoms with E-state index in [9.17, 15) is 4.79 Å². The van der Waals surface area contributed by atoms with Crippen molar-refractivity contribution >= 4 is 11.7 Å². The van der Waals surface area contributed by atoms with E-state index in [1.807, 2.05) is 18.2 Å². The molecule has 154 valence electrons. The van der Waals surface area contributed by atoms with Crippen LogP contribution < -0.4 is 9.64 Å². The number of hydrogen-bond donors (Lipinski definition) is 0. The van der Waals surface area contributed by atoms with Crippen LogP contribution in [0.1, 0.15) is 30.6 Å². The monoisotopic (exact) mass is 394 g/mol. The number of para-hydroxylation sites is 2. The van der Waals surface area contributed by atoms with Gasteiger partial charge < -0.3 is 14.4 Å². The summed E-state index contributed by atoms with van der Waals surface area (Å²) in [4.78, 5) is 16.7. The molecule has 0 aromatic heterocycles. The quantitative estimate of drug-likeness (QED) is 0.724. The van der Waals surface area contributed by atoms with Gasteiger partial charge in [0.15, 0.2) is 0 Å². The van der Waals surface area contributed by atoms with Gasteiger partial charge in [0, 0.05) is 45.6 Å². The van der Waals surface area contributed by atoms with Gasteiger partial charge in [-0.2, -0.15) is 0 Å². The Morgan fingerprint density at radius 3 is 2.52 bits per heavy atom. The van der Waals surface area contributed by atoms with E-state index in [0.717, 1.165) is 51.3 Å². The fourth-order valence-corrected chi connectivity index (χ4v) is 4.71. The van der Waals surface area contributed by atoms with Crippen LogP contribution in [0.3, 0.4) is 0 Å². The van der Waals surface area contributed by atoms with E-state index in [1.54, 1.807) is 7.11 Å². The third kappa shape index (κ3) is 4.40. The molecule has 1 aliphatic heterocycles. The van der Waals surface area contributed by atoms with Crippen LogP contribution >= 0.6 is 0 Å².